The fourth-order valence-electron chi connectivity index (χ4n) is 2.66. The molecule has 0 saturated carbocycles. The zero-order valence-corrected chi connectivity index (χ0v) is 13.9. The third-order valence-electron chi connectivity index (χ3n) is 4.22. The first-order chi connectivity index (χ1) is 9.72. The van der Waals surface area contributed by atoms with E-state index in [1.54, 1.807) is 0 Å². The summed E-state index contributed by atoms with van der Waals surface area (Å²) in [4.78, 5) is 0. The number of rotatable bonds is 15. The Hall–Kier alpha value is -0.0800. The Balaban J connectivity index is 3.10. The molecule has 0 radical (unpaired) electrons. The molecule has 0 fully saturated rings. The molecule has 0 spiro atoms. The quantitative estimate of drug-likeness (QED) is 0.406. The first-order valence-electron chi connectivity index (χ1n) is 9.08. The van der Waals surface area contributed by atoms with Crippen molar-refractivity contribution in [2.75, 3.05) is 0 Å². The SMILES string of the molecule is CCCCCCCCCCCCCCC(O)C(O)CC. The van der Waals surface area contributed by atoms with Gasteiger partial charge in [0.15, 0.2) is 0 Å². The minimum Gasteiger partial charge on any atom is -0.390 e. The smallest absolute Gasteiger partial charge is 0.0799 e. The van der Waals surface area contributed by atoms with Crippen molar-refractivity contribution >= 4 is 0 Å². The molecular weight excluding hydrogens is 248 g/mol. The van der Waals surface area contributed by atoms with Crippen molar-refractivity contribution in [1.29, 1.82) is 0 Å². The Morgan fingerprint density at radius 1 is 0.550 bits per heavy atom. The molecule has 0 aliphatic carbocycles. The highest BCUT2D eigenvalue weighted by Crippen LogP contribution is 2.14. The van der Waals surface area contributed by atoms with Crippen LogP contribution in [0.3, 0.4) is 0 Å². The summed E-state index contributed by atoms with van der Waals surface area (Å²) in [5, 5.41) is 19.1. The third-order valence-corrected chi connectivity index (χ3v) is 4.22. The predicted octanol–water partition coefficient (Wildman–Crippen LogP) is 5.21. The van der Waals surface area contributed by atoms with Crippen molar-refractivity contribution in [1.82, 2.24) is 0 Å². The average molecular weight is 286 g/mol. The standard InChI is InChI=1S/C18H38O2/c1-3-5-6-7-8-9-10-11-12-13-14-15-16-18(20)17(19)4-2/h17-20H,3-16H2,1-2H3. The van der Waals surface area contributed by atoms with Gasteiger partial charge in [-0.1, -0.05) is 90.9 Å². The molecule has 0 amide bonds. The van der Waals surface area contributed by atoms with Crippen LogP contribution in [0.25, 0.3) is 0 Å². The summed E-state index contributed by atoms with van der Waals surface area (Å²) in [5.41, 5.74) is 0. The molecule has 2 N–H and O–H groups in total. The van der Waals surface area contributed by atoms with Gasteiger partial charge in [0, 0.05) is 0 Å². The van der Waals surface area contributed by atoms with Crippen LogP contribution in [0.4, 0.5) is 0 Å². The second kappa shape index (κ2) is 15.3. The molecule has 0 aliphatic rings. The van der Waals surface area contributed by atoms with E-state index in [2.05, 4.69) is 6.92 Å². The molecule has 0 aromatic heterocycles. The third kappa shape index (κ3) is 12.9. The highest BCUT2D eigenvalue weighted by molar-refractivity contribution is 4.65. The van der Waals surface area contributed by atoms with Gasteiger partial charge in [-0.3, -0.25) is 0 Å². The first-order valence-corrected chi connectivity index (χ1v) is 9.08. The lowest BCUT2D eigenvalue weighted by Gasteiger charge is -2.15. The molecule has 0 heterocycles. The normalized spacial score (nSPS) is 14.4. The fraction of sp³-hybridized carbons (Fsp3) is 1.00. The van der Waals surface area contributed by atoms with E-state index in [4.69, 9.17) is 0 Å². The number of hydrogen-bond donors (Lipinski definition) is 2. The van der Waals surface area contributed by atoms with Gasteiger partial charge in [0.2, 0.25) is 0 Å². The molecule has 0 rings (SSSR count). The van der Waals surface area contributed by atoms with Crippen molar-refractivity contribution in [3.63, 3.8) is 0 Å². The molecule has 20 heavy (non-hydrogen) atoms. The maximum Gasteiger partial charge on any atom is 0.0799 e. The zero-order valence-electron chi connectivity index (χ0n) is 13.9. The lowest BCUT2D eigenvalue weighted by Crippen LogP contribution is -2.24. The van der Waals surface area contributed by atoms with E-state index >= 15 is 0 Å². The summed E-state index contributed by atoms with van der Waals surface area (Å²) >= 11 is 0. The van der Waals surface area contributed by atoms with Crippen LogP contribution < -0.4 is 0 Å². The zero-order chi connectivity index (χ0) is 15.1. The Labute approximate surface area is 127 Å². The van der Waals surface area contributed by atoms with Crippen LogP contribution in [-0.2, 0) is 0 Å². The largest absolute Gasteiger partial charge is 0.390 e. The Bertz CT molecular complexity index is 182. The number of aliphatic hydroxyl groups excluding tert-OH is 2. The van der Waals surface area contributed by atoms with Crippen molar-refractivity contribution in [2.45, 2.75) is 116 Å². The number of unbranched alkanes of at least 4 members (excludes halogenated alkanes) is 11. The predicted molar refractivity (Wildman–Crippen MR) is 88.0 cm³/mol. The Kier molecular flexibility index (Phi) is 15.3. The molecule has 0 saturated heterocycles. The van der Waals surface area contributed by atoms with Crippen LogP contribution in [-0.4, -0.2) is 22.4 Å². The van der Waals surface area contributed by atoms with Gasteiger partial charge < -0.3 is 10.2 Å². The van der Waals surface area contributed by atoms with E-state index in [1.807, 2.05) is 6.92 Å². The average Bonchev–Trinajstić information content (AvgIpc) is 2.47. The maximum absolute atomic E-state index is 9.63. The van der Waals surface area contributed by atoms with E-state index in [9.17, 15) is 10.2 Å². The lowest BCUT2D eigenvalue weighted by molar-refractivity contribution is 0.0114. The van der Waals surface area contributed by atoms with Crippen molar-refractivity contribution in [3.05, 3.63) is 0 Å². The topological polar surface area (TPSA) is 40.5 Å². The summed E-state index contributed by atoms with van der Waals surface area (Å²) in [7, 11) is 0. The molecule has 2 nitrogen and oxygen atoms in total. The van der Waals surface area contributed by atoms with Gasteiger partial charge in [0.05, 0.1) is 12.2 Å². The van der Waals surface area contributed by atoms with Crippen LogP contribution in [0.5, 0.6) is 0 Å². The highest BCUT2D eigenvalue weighted by Gasteiger charge is 2.12. The highest BCUT2D eigenvalue weighted by atomic mass is 16.3. The second-order valence-corrected chi connectivity index (χ2v) is 6.22. The fourth-order valence-corrected chi connectivity index (χ4v) is 2.66. The summed E-state index contributed by atoms with van der Waals surface area (Å²) in [6.07, 6.45) is 16.4. The molecule has 0 bridgehead atoms. The number of aliphatic hydroxyl groups is 2. The van der Waals surface area contributed by atoms with E-state index in [0.29, 0.717) is 6.42 Å². The minimum absolute atomic E-state index is 0.511. The minimum atomic E-state index is -0.525. The van der Waals surface area contributed by atoms with E-state index < -0.39 is 12.2 Å². The molecule has 0 aliphatic heterocycles. The van der Waals surface area contributed by atoms with E-state index in [-0.39, 0.29) is 0 Å². The van der Waals surface area contributed by atoms with Crippen molar-refractivity contribution in [3.8, 4) is 0 Å². The van der Waals surface area contributed by atoms with Gasteiger partial charge in [-0.25, -0.2) is 0 Å². The van der Waals surface area contributed by atoms with Gasteiger partial charge in [0.1, 0.15) is 0 Å². The van der Waals surface area contributed by atoms with Crippen molar-refractivity contribution < 1.29 is 10.2 Å². The van der Waals surface area contributed by atoms with Crippen LogP contribution in [0.2, 0.25) is 0 Å². The Morgan fingerprint density at radius 3 is 1.35 bits per heavy atom. The molecule has 122 valence electrons. The molecule has 0 aromatic rings. The Morgan fingerprint density at radius 2 is 0.950 bits per heavy atom. The van der Waals surface area contributed by atoms with E-state index in [1.165, 1.54) is 70.6 Å². The van der Waals surface area contributed by atoms with Crippen LogP contribution in [0.15, 0.2) is 0 Å². The summed E-state index contributed by atoms with van der Waals surface area (Å²) in [5.74, 6) is 0. The molecule has 2 heteroatoms. The lowest BCUT2D eigenvalue weighted by atomic mass is 10.0. The molecule has 0 aromatic carbocycles. The monoisotopic (exact) mass is 286 g/mol. The molecule has 2 unspecified atom stereocenters. The summed E-state index contributed by atoms with van der Waals surface area (Å²) in [6.45, 7) is 4.18. The van der Waals surface area contributed by atoms with Gasteiger partial charge in [-0.05, 0) is 12.8 Å². The van der Waals surface area contributed by atoms with Gasteiger partial charge in [0.25, 0.3) is 0 Å². The van der Waals surface area contributed by atoms with Crippen LogP contribution in [0.1, 0.15) is 104 Å². The van der Waals surface area contributed by atoms with Gasteiger partial charge in [-0.15, -0.1) is 0 Å². The van der Waals surface area contributed by atoms with E-state index in [0.717, 1.165) is 12.8 Å². The summed E-state index contributed by atoms with van der Waals surface area (Å²) < 4.78 is 0. The van der Waals surface area contributed by atoms with Gasteiger partial charge in [-0.2, -0.15) is 0 Å². The number of hydrogen-bond acceptors (Lipinski definition) is 2. The second-order valence-electron chi connectivity index (χ2n) is 6.22. The molecule has 2 atom stereocenters. The first kappa shape index (κ1) is 19.9. The van der Waals surface area contributed by atoms with Crippen LogP contribution >= 0.6 is 0 Å². The summed E-state index contributed by atoms with van der Waals surface area (Å²) in [6, 6.07) is 0. The maximum atomic E-state index is 9.63. The molecular formula is C18H38O2. The van der Waals surface area contributed by atoms with Crippen molar-refractivity contribution in [2.24, 2.45) is 0 Å². The van der Waals surface area contributed by atoms with Gasteiger partial charge >= 0.3 is 0 Å². The van der Waals surface area contributed by atoms with Crippen LogP contribution in [0, 0.1) is 0 Å².